The molecule has 0 aromatic heterocycles. The Hall–Kier alpha value is -4.56. The lowest BCUT2D eigenvalue weighted by Gasteiger charge is -2.49. The second kappa shape index (κ2) is 10.0. The van der Waals surface area contributed by atoms with Crippen molar-refractivity contribution >= 4 is 23.7 Å². The lowest BCUT2D eigenvalue weighted by molar-refractivity contribution is -0.230. The van der Waals surface area contributed by atoms with Crippen molar-refractivity contribution in [2.75, 3.05) is 26.8 Å². The van der Waals surface area contributed by atoms with Crippen LogP contribution in [0.5, 0.6) is 11.5 Å². The number of benzene rings is 2. The molecule has 43 heavy (non-hydrogen) atoms. The van der Waals surface area contributed by atoms with Crippen LogP contribution in [0.3, 0.4) is 0 Å². The third kappa shape index (κ3) is 4.31. The first-order chi connectivity index (χ1) is 20.4. The predicted molar refractivity (Wildman–Crippen MR) is 157 cm³/mol. The summed E-state index contributed by atoms with van der Waals surface area (Å²) in [6.07, 6.45) is 0.801. The number of hydrogen-bond donors (Lipinski definition) is 7. The van der Waals surface area contributed by atoms with Gasteiger partial charge in [-0.05, 0) is 30.0 Å². The predicted octanol–water partition coefficient (Wildman–Crippen LogP) is -1.04. The van der Waals surface area contributed by atoms with Crippen LogP contribution in [0.4, 0.5) is 0 Å². The molecule has 1 fully saturated rings. The molecule has 4 heterocycles. The molecule has 14 heteroatoms. The van der Waals surface area contributed by atoms with E-state index < -0.39 is 41.4 Å². The van der Waals surface area contributed by atoms with Gasteiger partial charge in [-0.25, -0.2) is 9.98 Å². The molecule has 1 spiro atoms. The summed E-state index contributed by atoms with van der Waals surface area (Å²) in [5.74, 6) is -2.81. The summed E-state index contributed by atoms with van der Waals surface area (Å²) in [5.41, 5.74) is 12.0. The van der Waals surface area contributed by atoms with Crippen molar-refractivity contribution in [3.8, 4) is 11.5 Å². The molecule has 14 nitrogen and oxygen atoms in total. The van der Waals surface area contributed by atoms with Gasteiger partial charge in [0, 0.05) is 18.7 Å². The lowest BCUT2D eigenvalue weighted by atomic mass is 9.79. The minimum Gasteiger partial charge on any atom is -0.496 e. The van der Waals surface area contributed by atoms with E-state index in [1.54, 1.807) is 36.4 Å². The molecule has 0 unspecified atom stereocenters. The fraction of sp³-hybridized carbons (Fsp3) is 0.448. The van der Waals surface area contributed by atoms with Crippen molar-refractivity contribution in [1.29, 1.82) is 0 Å². The van der Waals surface area contributed by atoms with Crippen molar-refractivity contribution in [3.05, 3.63) is 59.2 Å². The summed E-state index contributed by atoms with van der Waals surface area (Å²) in [5, 5.41) is 32.0. The van der Waals surface area contributed by atoms with E-state index in [1.165, 1.54) is 12.0 Å². The summed E-state index contributed by atoms with van der Waals surface area (Å²) < 4.78 is 11.2. The highest BCUT2D eigenvalue weighted by Gasteiger charge is 2.73. The number of aliphatic imine (C=N–C) groups is 2. The largest absolute Gasteiger partial charge is 0.496 e. The highest BCUT2D eigenvalue weighted by Crippen LogP contribution is 2.45. The molecule has 4 aliphatic heterocycles. The average Bonchev–Trinajstić information content (AvgIpc) is 3.44. The van der Waals surface area contributed by atoms with Gasteiger partial charge in [0.1, 0.15) is 23.6 Å². The lowest BCUT2D eigenvalue weighted by Crippen LogP contribution is -2.78. The van der Waals surface area contributed by atoms with Gasteiger partial charge in [0.2, 0.25) is 5.79 Å². The van der Waals surface area contributed by atoms with Gasteiger partial charge < -0.3 is 52.0 Å². The summed E-state index contributed by atoms with van der Waals surface area (Å²) in [7, 11) is 1.47. The van der Waals surface area contributed by atoms with Crippen LogP contribution in [0.15, 0.2) is 52.4 Å². The van der Waals surface area contributed by atoms with Gasteiger partial charge in [-0.2, -0.15) is 0 Å². The Balaban J connectivity index is 1.26. The standard InChI is InChI=1S/C29H36N8O6/c1-27(2)11-12-43-21-16(8-6-9-17(21)27)24(39)34-20-14-37-26(31)33-18(22-28(37,29(20,40)41)36-25(30)35-22)13-32-23(38)15-7-4-5-10-19(15)42-3/h4-10,18,20,22,40-41H,11-14H2,1-3H3,(H2,31,33)(H,32,38)(H,34,39)(H3,30,35,36)/t18-,20-,22-,28-/m0/s1. The quantitative estimate of drug-likeness (QED) is 0.203. The summed E-state index contributed by atoms with van der Waals surface area (Å²) in [6, 6.07) is 9.06. The fourth-order valence-corrected chi connectivity index (χ4v) is 6.56. The maximum Gasteiger partial charge on any atom is 0.255 e. The van der Waals surface area contributed by atoms with Gasteiger partial charge in [-0.1, -0.05) is 38.1 Å². The maximum absolute atomic E-state index is 13.6. The van der Waals surface area contributed by atoms with Crippen LogP contribution in [0.1, 0.15) is 46.5 Å². The number of fused-ring (bicyclic) bond motifs is 1. The number of nitrogens with two attached hydrogens (primary N) is 2. The molecule has 4 aliphatic rings. The molecular formula is C29H36N8O6. The topological polar surface area (TPSA) is 209 Å². The summed E-state index contributed by atoms with van der Waals surface area (Å²) >= 11 is 0. The number of carbonyl (C=O) groups excluding carboxylic acids is 2. The number of para-hydroxylation sites is 2. The Morgan fingerprint density at radius 2 is 1.86 bits per heavy atom. The third-order valence-corrected chi connectivity index (χ3v) is 8.89. The number of nitrogens with zero attached hydrogens (tertiary/aromatic N) is 3. The molecule has 2 amide bonds. The molecule has 0 saturated carbocycles. The number of hydrogen-bond acceptors (Lipinski definition) is 12. The molecule has 0 radical (unpaired) electrons. The number of nitrogens with one attached hydrogen (secondary N) is 3. The smallest absolute Gasteiger partial charge is 0.255 e. The van der Waals surface area contributed by atoms with Crippen LogP contribution < -0.4 is 36.9 Å². The van der Waals surface area contributed by atoms with Crippen LogP contribution in [0.2, 0.25) is 0 Å². The van der Waals surface area contributed by atoms with Crippen LogP contribution in [0.25, 0.3) is 0 Å². The highest BCUT2D eigenvalue weighted by molar-refractivity contribution is 5.98. The van der Waals surface area contributed by atoms with E-state index in [4.69, 9.17) is 20.9 Å². The Labute approximate surface area is 248 Å². The van der Waals surface area contributed by atoms with E-state index in [0.717, 1.165) is 12.0 Å². The maximum atomic E-state index is 13.6. The van der Waals surface area contributed by atoms with Crippen molar-refractivity contribution in [2.24, 2.45) is 21.5 Å². The Kier molecular flexibility index (Phi) is 6.65. The first-order valence-electron chi connectivity index (χ1n) is 14.1. The Morgan fingerprint density at radius 3 is 2.63 bits per heavy atom. The van der Waals surface area contributed by atoms with E-state index in [2.05, 4.69) is 39.8 Å². The van der Waals surface area contributed by atoms with Crippen molar-refractivity contribution in [2.45, 2.75) is 55.3 Å². The Bertz CT molecular complexity index is 1540. The molecule has 228 valence electrons. The average molecular weight is 593 g/mol. The minimum atomic E-state index is -2.63. The first-order valence-corrected chi connectivity index (χ1v) is 14.1. The molecule has 0 bridgehead atoms. The van der Waals surface area contributed by atoms with E-state index in [1.807, 2.05) is 6.07 Å². The number of carbonyl (C=O) groups is 2. The summed E-state index contributed by atoms with van der Waals surface area (Å²) in [4.78, 5) is 37.0. The molecule has 6 rings (SSSR count). The second-order valence-corrected chi connectivity index (χ2v) is 11.8. The third-order valence-electron chi connectivity index (χ3n) is 8.89. The van der Waals surface area contributed by atoms with Gasteiger partial charge in [-0.3, -0.25) is 9.59 Å². The first kappa shape index (κ1) is 28.6. The molecule has 9 N–H and O–H groups in total. The van der Waals surface area contributed by atoms with Crippen molar-refractivity contribution in [1.82, 2.24) is 20.9 Å². The van der Waals surface area contributed by atoms with Gasteiger partial charge in [-0.15, -0.1) is 0 Å². The molecule has 2 aromatic rings. The molecule has 2 aromatic carbocycles. The molecule has 0 aliphatic carbocycles. The van der Waals surface area contributed by atoms with E-state index in [-0.39, 0.29) is 36.0 Å². The van der Waals surface area contributed by atoms with E-state index >= 15 is 0 Å². The SMILES string of the molecule is COc1ccccc1C(=O)NC[C@@H]1N=C(N)N2C[C@H](NC(=O)c3cccc4c3OCCC4(C)C)C(O)(O)[C@@]23NC(N)=N[C@@H]13. The normalized spacial score (nSPS) is 27.7. The van der Waals surface area contributed by atoms with Gasteiger partial charge in [0.15, 0.2) is 17.6 Å². The monoisotopic (exact) mass is 592 g/mol. The molecule has 4 atom stereocenters. The van der Waals surface area contributed by atoms with Crippen molar-refractivity contribution < 1.29 is 29.3 Å². The van der Waals surface area contributed by atoms with Gasteiger partial charge >= 0.3 is 0 Å². The fourth-order valence-electron chi connectivity index (χ4n) is 6.56. The minimum absolute atomic E-state index is 0.0309. The number of rotatable bonds is 6. The second-order valence-electron chi connectivity index (χ2n) is 11.8. The molecular weight excluding hydrogens is 556 g/mol. The number of guanidine groups is 2. The van der Waals surface area contributed by atoms with Crippen LogP contribution in [-0.2, 0) is 5.41 Å². The number of amides is 2. The number of methoxy groups -OCH3 is 1. The van der Waals surface area contributed by atoms with E-state index in [9.17, 15) is 19.8 Å². The summed E-state index contributed by atoms with van der Waals surface area (Å²) in [6.45, 7) is 4.47. The number of aliphatic hydroxyl groups is 2. The van der Waals surface area contributed by atoms with Crippen LogP contribution in [0, 0.1) is 0 Å². The van der Waals surface area contributed by atoms with E-state index in [0.29, 0.717) is 23.7 Å². The Morgan fingerprint density at radius 1 is 1.12 bits per heavy atom. The number of ether oxygens (including phenoxy) is 2. The van der Waals surface area contributed by atoms with Crippen molar-refractivity contribution in [3.63, 3.8) is 0 Å². The zero-order chi connectivity index (χ0) is 30.7. The zero-order valence-corrected chi connectivity index (χ0v) is 24.1. The van der Waals surface area contributed by atoms with Gasteiger partial charge in [0.05, 0.1) is 30.9 Å². The molecule has 1 saturated heterocycles. The van der Waals surface area contributed by atoms with Gasteiger partial charge in [0.25, 0.3) is 11.8 Å². The zero-order valence-electron chi connectivity index (χ0n) is 24.1. The highest BCUT2D eigenvalue weighted by atomic mass is 16.5. The van der Waals surface area contributed by atoms with Crippen LogP contribution >= 0.6 is 0 Å². The van der Waals surface area contributed by atoms with Crippen LogP contribution in [-0.4, -0.2) is 95.2 Å².